The Morgan fingerprint density at radius 1 is 0.636 bits per heavy atom. The Morgan fingerprint density at radius 3 is 1.09 bits per heavy atom. The summed E-state index contributed by atoms with van der Waals surface area (Å²) < 4.78 is 23.0. The van der Waals surface area contributed by atoms with E-state index < -0.39 is 18.6 Å². The van der Waals surface area contributed by atoms with Crippen LogP contribution in [0.15, 0.2) is 0 Å². The van der Waals surface area contributed by atoms with Gasteiger partial charge in [0.15, 0.2) is 0 Å². The van der Waals surface area contributed by atoms with Gasteiger partial charge in [0.2, 0.25) is 0 Å². The molecule has 0 fully saturated rings. The van der Waals surface area contributed by atoms with Crippen LogP contribution in [0.2, 0.25) is 0 Å². The second kappa shape index (κ2) is 7.22. The average molecular weight is 398 g/mol. The molecule has 0 atom stereocenters. The van der Waals surface area contributed by atoms with Gasteiger partial charge in [-0.1, -0.05) is 0 Å². The van der Waals surface area contributed by atoms with Gasteiger partial charge < -0.3 is 0 Å². The van der Waals surface area contributed by atoms with E-state index in [-0.39, 0.29) is 22.3 Å². The maximum absolute atomic E-state index is 6.46. The van der Waals surface area contributed by atoms with Crippen LogP contribution in [-0.2, 0) is 28.3 Å². The zero-order valence-corrected chi connectivity index (χ0v) is 19.1. The quantitative estimate of drug-likeness (QED) is 0.638. The second-order valence-electron chi connectivity index (χ2n) is 9.46. The summed E-state index contributed by atoms with van der Waals surface area (Å²) in [6, 6.07) is 0. The van der Waals surface area contributed by atoms with Crippen molar-refractivity contribution in [2.24, 2.45) is 0 Å². The molecule has 4 nitrogen and oxygen atoms in total. The first kappa shape index (κ1) is 22.6. The Bertz CT molecular complexity index is 308. The predicted molar refractivity (Wildman–Crippen MR) is 90.0 cm³/mol. The summed E-state index contributed by atoms with van der Waals surface area (Å²) in [6.45, 7) is 24.9. The molecular formula is C17H39NNbO3. The Hall–Kier alpha value is 0.580. The molecule has 0 rings (SSSR count). The fraction of sp³-hybridized carbons (Fsp3) is 1.00. The van der Waals surface area contributed by atoms with Crippen LogP contribution in [0.1, 0.15) is 89.5 Å². The van der Waals surface area contributed by atoms with Gasteiger partial charge in [0.25, 0.3) is 0 Å². The molecule has 0 amide bonds. The molecule has 0 bridgehead atoms. The monoisotopic (exact) mass is 398 g/mol. The van der Waals surface area contributed by atoms with E-state index in [2.05, 4.69) is 86.8 Å². The van der Waals surface area contributed by atoms with E-state index in [0.29, 0.717) is 0 Å². The molecular weight excluding hydrogens is 359 g/mol. The van der Waals surface area contributed by atoms with Crippen LogP contribution in [0.25, 0.3) is 0 Å². The molecule has 0 aliphatic heterocycles. The zero-order chi connectivity index (χ0) is 18.0. The van der Waals surface area contributed by atoms with Crippen molar-refractivity contribution in [2.45, 2.75) is 112 Å². The van der Waals surface area contributed by atoms with Crippen molar-refractivity contribution >= 4 is 0 Å². The molecule has 0 unspecified atom stereocenters. The summed E-state index contributed by atoms with van der Waals surface area (Å²) in [5.74, 6) is 0. The van der Waals surface area contributed by atoms with Crippen molar-refractivity contribution in [3.8, 4) is 0 Å². The fourth-order valence-electron chi connectivity index (χ4n) is 1.66. The van der Waals surface area contributed by atoms with Crippen molar-refractivity contribution in [1.82, 2.24) is 3.72 Å². The van der Waals surface area contributed by atoms with Crippen molar-refractivity contribution < 1.29 is 28.3 Å². The van der Waals surface area contributed by atoms with Crippen molar-refractivity contribution in [3.05, 3.63) is 0 Å². The van der Waals surface area contributed by atoms with E-state index in [1.165, 1.54) is 0 Å². The molecule has 135 valence electrons. The topological polar surface area (TPSA) is 39.7 Å². The van der Waals surface area contributed by atoms with E-state index in [9.17, 15) is 0 Å². The van der Waals surface area contributed by atoms with Gasteiger partial charge in [0.05, 0.1) is 0 Å². The Labute approximate surface area is 144 Å². The van der Waals surface area contributed by atoms with Gasteiger partial charge in [-0.15, -0.1) is 0 Å². The van der Waals surface area contributed by atoms with Gasteiger partial charge in [0, 0.05) is 0 Å². The van der Waals surface area contributed by atoms with Crippen LogP contribution in [0, 0.1) is 0 Å². The SMILES string of the molecule is CCC(C)(C)[NH][Nb]([O]C(C)(C)C)([O]C(C)(C)C)[O]C(C)(C)C. The van der Waals surface area contributed by atoms with Crippen molar-refractivity contribution in [2.75, 3.05) is 0 Å². The molecule has 22 heavy (non-hydrogen) atoms. The summed E-state index contributed by atoms with van der Waals surface area (Å²) in [7, 11) is 0. The van der Waals surface area contributed by atoms with Crippen LogP contribution >= 0.6 is 0 Å². The standard InChI is InChI=1S/C5H12N.3C4H9O.Nb/c1-4-5(2,3)6;3*1-4(2,3)5;/h6H,4H2,1-3H3;3*1-3H3;/q4*-1;+4. The number of rotatable bonds is 6. The van der Waals surface area contributed by atoms with E-state index in [0.717, 1.165) is 6.42 Å². The van der Waals surface area contributed by atoms with Crippen LogP contribution in [0.3, 0.4) is 0 Å². The molecule has 0 saturated carbocycles. The Kier molecular flexibility index (Phi) is 7.41. The van der Waals surface area contributed by atoms with Crippen LogP contribution < -0.4 is 3.72 Å². The molecule has 0 radical (unpaired) electrons. The van der Waals surface area contributed by atoms with E-state index in [4.69, 9.17) is 9.73 Å². The van der Waals surface area contributed by atoms with Gasteiger partial charge in [-0.2, -0.15) is 0 Å². The molecule has 1 N–H and O–H groups in total. The average Bonchev–Trinajstić information content (AvgIpc) is 2.06. The van der Waals surface area contributed by atoms with Gasteiger partial charge in [-0.3, -0.25) is 0 Å². The van der Waals surface area contributed by atoms with Gasteiger partial charge in [-0.05, 0) is 0 Å². The Balaban J connectivity index is 5.79. The number of hydrogen-bond acceptors (Lipinski definition) is 4. The molecule has 0 aromatic carbocycles. The molecule has 0 saturated heterocycles. The third-order valence-electron chi connectivity index (χ3n) is 2.51. The summed E-state index contributed by atoms with van der Waals surface area (Å²) >= 11 is -3.90. The van der Waals surface area contributed by atoms with E-state index in [1.54, 1.807) is 0 Å². The van der Waals surface area contributed by atoms with Crippen LogP contribution in [0.4, 0.5) is 0 Å². The third-order valence-corrected chi connectivity index (χ3v) is 10.5. The van der Waals surface area contributed by atoms with Crippen molar-refractivity contribution in [3.63, 3.8) is 0 Å². The fourth-order valence-corrected chi connectivity index (χ4v) is 9.80. The van der Waals surface area contributed by atoms with Gasteiger partial charge in [0.1, 0.15) is 0 Å². The first-order chi connectivity index (χ1) is 9.39. The maximum atomic E-state index is 6.46. The van der Waals surface area contributed by atoms with Crippen molar-refractivity contribution in [1.29, 1.82) is 0 Å². The summed E-state index contributed by atoms with van der Waals surface area (Å²) in [4.78, 5) is 0. The number of hydrogen-bond donors (Lipinski definition) is 1. The normalized spacial score (nSPS) is 15.3. The van der Waals surface area contributed by atoms with Crippen LogP contribution in [-0.4, -0.2) is 22.3 Å². The molecule has 0 aromatic heterocycles. The molecule has 0 aromatic rings. The first-order valence-electron chi connectivity index (χ1n) is 8.19. The van der Waals surface area contributed by atoms with Gasteiger partial charge in [-0.25, -0.2) is 0 Å². The van der Waals surface area contributed by atoms with E-state index >= 15 is 0 Å². The van der Waals surface area contributed by atoms with Crippen LogP contribution in [0.5, 0.6) is 0 Å². The molecule has 0 spiro atoms. The predicted octanol–water partition coefficient (Wildman–Crippen LogP) is 5.02. The molecule has 0 heterocycles. The molecule has 5 heteroatoms. The minimum absolute atomic E-state index is 0.104. The third kappa shape index (κ3) is 10.4. The Morgan fingerprint density at radius 2 is 0.909 bits per heavy atom. The minimum atomic E-state index is -3.90. The second-order valence-corrected chi connectivity index (χ2v) is 13.8. The zero-order valence-electron chi connectivity index (χ0n) is 16.9. The van der Waals surface area contributed by atoms with E-state index in [1.807, 2.05) is 0 Å². The number of nitrogens with one attached hydrogen (secondary N) is 1. The van der Waals surface area contributed by atoms with Gasteiger partial charge >= 0.3 is 144 Å². The summed E-state index contributed by atoms with van der Waals surface area (Å²) in [5.41, 5.74) is -1.11. The summed E-state index contributed by atoms with van der Waals surface area (Å²) in [5, 5.41) is 0. The molecule has 0 aliphatic carbocycles. The summed E-state index contributed by atoms with van der Waals surface area (Å²) in [6.07, 6.45) is 0.970. The molecule has 0 aliphatic rings. The first-order valence-corrected chi connectivity index (χ1v) is 12.0.